The van der Waals surface area contributed by atoms with Crippen molar-refractivity contribution < 1.29 is 19.1 Å². The molecule has 146 valence electrons. The monoisotopic (exact) mass is 373 g/mol. The molecule has 1 atom stereocenters. The number of nitrogens with one attached hydrogen (secondary N) is 1. The normalized spacial score (nSPS) is 25.6. The molecule has 1 saturated heterocycles. The van der Waals surface area contributed by atoms with Gasteiger partial charge in [-0.05, 0) is 56.4 Å². The van der Waals surface area contributed by atoms with Crippen molar-refractivity contribution in [3.05, 3.63) is 29.8 Å². The van der Waals surface area contributed by atoms with Crippen LogP contribution in [-0.2, 0) is 9.63 Å². The SMILES string of the molecule is COc1ccc(C2=CC3(CCN(CC(N)=O)C3)ON2)cc1OC1CCCC1. The highest BCUT2D eigenvalue weighted by atomic mass is 16.7. The van der Waals surface area contributed by atoms with E-state index in [0.717, 1.165) is 48.6 Å². The van der Waals surface area contributed by atoms with Crippen LogP contribution in [0.1, 0.15) is 37.7 Å². The summed E-state index contributed by atoms with van der Waals surface area (Å²) in [5.41, 5.74) is 9.86. The number of likely N-dealkylation sites (tertiary alicyclic amines) is 1. The minimum Gasteiger partial charge on any atom is -0.493 e. The Morgan fingerprint density at radius 2 is 2.19 bits per heavy atom. The van der Waals surface area contributed by atoms with E-state index in [4.69, 9.17) is 20.0 Å². The number of nitrogens with two attached hydrogens (primary N) is 1. The molecule has 1 aliphatic carbocycles. The van der Waals surface area contributed by atoms with Gasteiger partial charge in [-0.15, -0.1) is 0 Å². The number of hydroxylamine groups is 1. The van der Waals surface area contributed by atoms with E-state index >= 15 is 0 Å². The van der Waals surface area contributed by atoms with E-state index in [1.165, 1.54) is 12.8 Å². The van der Waals surface area contributed by atoms with E-state index in [2.05, 4.69) is 11.6 Å². The highest BCUT2D eigenvalue weighted by molar-refractivity contribution is 5.76. The summed E-state index contributed by atoms with van der Waals surface area (Å²) in [5.74, 6) is 1.20. The number of nitrogens with zero attached hydrogens (tertiary/aromatic N) is 1. The first-order chi connectivity index (χ1) is 13.1. The molecule has 2 heterocycles. The molecule has 1 amide bonds. The number of hydrogen-bond acceptors (Lipinski definition) is 6. The van der Waals surface area contributed by atoms with Gasteiger partial charge in [0, 0.05) is 18.7 Å². The second-order valence-electron chi connectivity index (χ2n) is 7.64. The zero-order valence-electron chi connectivity index (χ0n) is 15.7. The molecule has 3 aliphatic rings. The molecule has 1 unspecified atom stereocenters. The minimum absolute atomic E-state index is 0.260. The van der Waals surface area contributed by atoms with E-state index in [1.54, 1.807) is 7.11 Å². The maximum Gasteiger partial charge on any atom is 0.231 e. The summed E-state index contributed by atoms with van der Waals surface area (Å²) in [6, 6.07) is 5.94. The van der Waals surface area contributed by atoms with Gasteiger partial charge in [-0.25, -0.2) is 0 Å². The molecule has 4 rings (SSSR count). The molecule has 1 saturated carbocycles. The fourth-order valence-electron chi connectivity index (χ4n) is 4.18. The number of rotatable bonds is 6. The van der Waals surface area contributed by atoms with Crippen LogP contribution in [0.25, 0.3) is 5.70 Å². The Labute approximate surface area is 159 Å². The number of methoxy groups -OCH3 is 1. The van der Waals surface area contributed by atoms with Gasteiger partial charge in [0.1, 0.15) is 5.60 Å². The van der Waals surface area contributed by atoms with Crippen LogP contribution in [0.2, 0.25) is 0 Å². The maximum atomic E-state index is 11.2. The molecule has 0 aromatic heterocycles. The van der Waals surface area contributed by atoms with E-state index in [-0.39, 0.29) is 18.6 Å². The molecule has 0 bridgehead atoms. The standard InChI is InChI=1S/C20H27N3O4/c1-25-17-7-6-14(10-18(17)26-15-4-2-3-5-15)16-11-20(27-22-16)8-9-23(13-20)12-19(21)24/h6-7,10-11,15,22H,2-5,8-9,12-13H2,1H3,(H2,21,24). The van der Waals surface area contributed by atoms with Crippen LogP contribution >= 0.6 is 0 Å². The smallest absolute Gasteiger partial charge is 0.231 e. The molecule has 1 aromatic carbocycles. The molecular formula is C20H27N3O4. The first kappa shape index (κ1) is 18.1. The summed E-state index contributed by atoms with van der Waals surface area (Å²) in [6.07, 6.45) is 7.81. The van der Waals surface area contributed by atoms with Gasteiger partial charge in [0.25, 0.3) is 0 Å². The van der Waals surface area contributed by atoms with Crippen molar-refractivity contribution in [3.63, 3.8) is 0 Å². The Morgan fingerprint density at radius 3 is 2.93 bits per heavy atom. The van der Waals surface area contributed by atoms with E-state index < -0.39 is 5.60 Å². The van der Waals surface area contributed by atoms with Crippen LogP contribution in [0.4, 0.5) is 0 Å². The largest absolute Gasteiger partial charge is 0.493 e. The molecule has 7 nitrogen and oxygen atoms in total. The third-order valence-corrected chi connectivity index (χ3v) is 5.56. The number of carbonyl (C=O) groups excluding carboxylic acids is 1. The summed E-state index contributed by atoms with van der Waals surface area (Å²) in [6.45, 7) is 1.69. The molecule has 2 fully saturated rings. The third-order valence-electron chi connectivity index (χ3n) is 5.56. The Hall–Kier alpha value is -2.25. The zero-order chi connectivity index (χ0) is 18.9. The van der Waals surface area contributed by atoms with Crippen LogP contribution < -0.4 is 20.7 Å². The first-order valence-corrected chi connectivity index (χ1v) is 9.59. The minimum atomic E-state index is -0.419. The molecule has 27 heavy (non-hydrogen) atoms. The van der Waals surface area contributed by atoms with Crippen LogP contribution in [-0.4, -0.2) is 49.3 Å². The summed E-state index contributed by atoms with van der Waals surface area (Å²) >= 11 is 0. The van der Waals surface area contributed by atoms with Gasteiger partial charge in [-0.3, -0.25) is 20.0 Å². The quantitative estimate of drug-likeness (QED) is 0.791. The average molecular weight is 373 g/mol. The topological polar surface area (TPSA) is 86.1 Å². The highest BCUT2D eigenvalue weighted by Gasteiger charge is 2.42. The average Bonchev–Trinajstić information content (AvgIpc) is 3.38. The van der Waals surface area contributed by atoms with Gasteiger partial charge in [-0.2, -0.15) is 0 Å². The molecule has 3 N–H and O–H groups in total. The zero-order valence-corrected chi connectivity index (χ0v) is 15.7. The summed E-state index contributed by atoms with van der Waals surface area (Å²) in [7, 11) is 1.66. The fourth-order valence-corrected chi connectivity index (χ4v) is 4.18. The lowest BCUT2D eigenvalue weighted by molar-refractivity contribution is -0.119. The van der Waals surface area contributed by atoms with Gasteiger partial charge in [-0.1, -0.05) is 0 Å². The van der Waals surface area contributed by atoms with Crippen molar-refractivity contribution in [1.82, 2.24) is 10.4 Å². The molecule has 1 spiro atoms. The third kappa shape index (κ3) is 3.89. The number of amides is 1. The second-order valence-corrected chi connectivity index (χ2v) is 7.64. The van der Waals surface area contributed by atoms with Crippen molar-refractivity contribution in [2.24, 2.45) is 5.73 Å². The van der Waals surface area contributed by atoms with Crippen molar-refractivity contribution in [3.8, 4) is 11.5 Å². The highest BCUT2D eigenvalue weighted by Crippen LogP contribution is 2.37. The number of ether oxygens (including phenoxy) is 2. The van der Waals surface area contributed by atoms with Crippen LogP contribution in [0, 0.1) is 0 Å². The van der Waals surface area contributed by atoms with Crippen LogP contribution in [0.5, 0.6) is 11.5 Å². The Balaban J connectivity index is 1.52. The van der Waals surface area contributed by atoms with Gasteiger partial charge in [0.05, 0.1) is 25.5 Å². The number of carbonyl (C=O) groups is 1. The van der Waals surface area contributed by atoms with Gasteiger partial charge in [0.15, 0.2) is 11.5 Å². The Kier molecular flexibility index (Phi) is 4.97. The van der Waals surface area contributed by atoms with E-state index in [0.29, 0.717) is 6.54 Å². The Bertz CT molecular complexity index is 745. The number of hydrogen-bond donors (Lipinski definition) is 2. The Morgan fingerprint density at radius 1 is 1.37 bits per heavy atom. The molecular weight excluding hydrogens is 346 g/mol. The lowest BCUT2D eigenvalue weighted by Crippen LogP contribution is -2.37. The van der Waals surface area contributed by atoms with Gasteiger partial charge >= 0.3 is 0 Å². The first-order valence-electron chi connectivity index (χ1n) is 9.59. The number of benzene rings is 1. The maximum absolute atomic E-state index is 11.2. The van der Waals surface area contributed by atoms with Crippen molar-refractivity contribution >= 4 is 11.6 Å². The van der Waals surface area contributed by atoms with Gasteiger partial charge < -0.3 is 15.2 Å². The predicted molar refractivity (Wildman–Crippen MR) is 101 cm³/mol. The van der Waals surface area contributed by atoms with E-state index in [9.17, 15) is 4.79 Å². The van der Waals surface area contributed by atoms with Gasteiger partial charge in [0.2, 0.25) is 5.91 Å². The second kappa shape index (κ2) is 7.40. The lowest BCUT2D eigenvalue weighted by atomic mass is 10.0. The summed E-state index contributed by atoms with van der Waals surface area (Å²) < 4.78 is 11.7. The van der Waals surface area contributed by atoms with Crippen molar-refractivity contribution in [2.45, 2.75) is 43.8 Å². The predicted octanol–water partition coefficient (Wildman–Crippen LogP) is 1.82. The molecule has 1 aromatic rings. The van der Waals surface area contributed by atoms with Crippen molar-refractivity contribution in [1.29, 1.82) is 0 Å². The summed E-state index contributed by atoms with van der Waals surface area (Å²) in [4.78, 5) is 19.1. The number of primary amides is 1. The molecule has 0 radical (unpaired) electrons. The molecule has 7 heteroatoms. The van der Waals surface area contributed by atoms with E-state index in [1.807, 2.05) is 23.1 Å². The van der Waals surface area contributed by atoms with Crippen LogP contribution in [0.15, 0.2) is 24.3 Å². The van der Waals surface area contributed by atoms with Crippen molar-refractivity contribution in [2.75, 3.05) is 26.7 Å². The lowest BCUT2D eigenvalue weighted by Gasteiger charge is -2.19. The van der Waals surface area contributed by atoms with Crippen LogP contribution in [0.3, 0.4) is 0 Å². The molecule has 2 aliphatic heterocycles. The fraction of sp³-hybridized carbons (Fsp3) is 0.550. The summed E-state index contributed by atoms with van der Waals surface area (Å²) in [5, 5.41) is 0.